The third-order valence-electron chi connectivity index (χ3n) is 2.77. The van der Waals surface area contributed by atoms with Crippen LogP contribution < -0.4 is 4.57 Å². The summed E-state index contributed by atoms with van der Waals surface area (Å²) in [4.78, 5) is 4.66. The normalized spacial score (nSPS) is 10.9. The SMILES string of the molecule is Cc1ccc2nc(-c3cc[n+](C)cc3)sc2c1. The van der Waals surface area contributed by atoms with E-state index in [4.69, 9.17) is 0 Å². The largest absolute Gasteiger partial charge is 0.236 e. The third-order valence-corrected chi connectivity index (χ3v) is 3.84. The maximum absolute atomic E-state index is 4.66. The van der Waals surface area contributed by atoms with E-state index in [-0.39, 0.29) is 0 Å². The highest BCUT2D eigenvalue weighted by molar-refractivity contribution is 7.21. The van der Waals surface area contributed by atoms with E-state index in [1.54, 1.807) is 11.3 Å². The zero-order chi connectivity index (χ0) is 11.8. The Morgan fingerprint density at radius 2 is 1.88 bits per heavy atom. The van der Waals surface area contributed by atoms with Gasteiger partial charge in [0.1, 0.15) is 12.1 Å². The van der Waals surface area contributed by atoms with E-state index in [1.165, 1.54) is 15.8 Å². The molecule has 0 radical (unpaired) electrons. The first-order valence-corrected chi connectivity index (χ1v) is 6.37. The van der Waals surface area contributed by atoms with Gasteiger partial charge in [0, 0.05) is 17.7 Å². The van der Waals surface area contributed by atoms with Gasteiger partial charge in [0.25, 0.3) is 0 Å². The van der Waals surface area contributed by atoms with Crippen LogP contribution in [-0.2, 0) is 7.05 Å². The zero-order valence-corrected chi connectivity index (χ0v) is 10.7. The molecular weight excluding hydrogens is 228 g/mol. The standard InChI is InChI=1S/C14H13N2S/c1-10-3-4-12-13(9-10)17-14(15-12)11-5-7-16(2)8-6-11/h3-9H,1-2H3/q+1. The van der Waals surface area contributed by atoms with Crippen LogP contribution in [0.25, 0.3) is 20.8 Å². The lowest BCUT2D eigenvalue weighted by molar-refractivity contribution is -0.671. The Morgan fingerprint density at radius 3 is 2.65 bits per heavy atom. The van der Waals surface area contributed by atoms with Crippen LogP contribution in [-0.4, -0.2) is 4.98 Å². The summed E-state index contributed by atoms with van der Waals surface area (Å²) in [5, 5.41) is 1.09. The van der Waals surface area contributed by atoms with Crippen LogP contribution in [0.4, 0.5) is 0 Å². The predicted octanol–water partition coefficient (Wildman–Crippen LogP) is 3.10. The molecule has 3 heteroatoms. The van der Waals surface area contributed by atoms with E-state index in [9.17, 15) is 0 Å². The van der Waals surface area contributed by atoms with Gasteiger partial charge in [0.2, 0.25) is 0 Å². The Hall–Kier alpha value is -1.74. The molecule has 0 aliphatic heterocycles. The van der Waals surface area contributed by atoms with E-state index in [1.807, 2.05) is 24.0 Å². The monoisotopic (exact) mass is 241 g/mol. The summed E-state index contributed by atoms with van der Waals surface area (Å²) in [5.74, 6) is 0. The van der Waals surface area contributed by atoms with Gasteiger partial charge in [-0.25, -0.2) is 9.55 Å². The van der Waals surface area contributed by atoms with Crippen molar-refractivity contribution in [1.82, 2.24) is 4.98 Å². The predicted molar refractivity (Wildman–Crippen MR) is 71.0 cm³/mol. The molecule has 0 bridgehead atoms. The Kier molecular flexibility index (Phi) is 2.41. The molecule has 0 saturated carbocycles. The van der Waals surface area contributed by atoms with Gasteiger partial charge in [-0.3, -0.25) is 0 Å². The van der Waals surface area contributed by atoms with Gasteiger partial charge < -0.3 is 0 Å². The fourth-order valence-electron chi connectivity index (χ4n) is 1.80. The Bertz CT molecular complexity index is 668. The molecule has 0 aliphatic carbocycles. The van der Waals surface area contributed by atoms with Crippen LogP contribution in [0.2, 0.25) is 0 Å². The van der Waals surface area contributed by atoms with E-state index >= 15 is 0 Å². The molecule has 0 unspecified atom stereocenters. The van der Waals surface area contributed by atoms with Gasteiger partial charge in [-0.2, -0.15) is 0 Å². The van der Waals surface area contributed by atoms with Crippen LogP contribution in [0.15, 0.2) is 42.7 Å². The first-order valence-electron chi connectivity index (χ1n) is 5.55. The number of benzene rings is 1. The number of pyridine rings is 1. The molecule has 1 aromatic carbocycles. The van der Waals surface area contributed by atoms with Gasteiger partial charge in [0.15, 0.2) is 12.4 Å². The molecule has 3 rings (SSSR count). The van der Waals surface area contributed by atoms with Crippen molar-refractivity contribution in [3.05, 3.63) is 48.3 Å². The van der Waals surface area contributed by atoms with Crippen molar-refractivity contribution in [2.24, 2.45) is 7.05 Å². The van der Waals surface area contributed by atoms with Crippen molar-refractivity contribution in [3.63, 3.8) is 0 Å². The molecule has 0 aliphatic rings. The van der Waals surface area contributed by atoms with Crippen molar-refractivity contribution in [2.75, 3.05) is 0 Å². The highest BCUT2D eigenvalue weighted by Gasteiger charge is 2.07. The van der Waals surface area contributed by atoms with Crippen molar-refractivity contribution in [1.29, 1.82) is 0 Å². The van der Waals surface area contributed by atoms with E-state index in [0.717, 1.165) is 10.5 Å². The van der Waals surface area contributed by atoms with Crippen LogP contribution in [0, 0.1) is 6.92 Å². The number of hydrogen-bond donors (Lipinski definition) is 0. The number of aryl methyl sites for hydroxylation is 2. The maximum atomic E-state index is 4.66. The lowest BCUT2D eigenvalue weighted by Gasteiger charge is -1.92. The zero-order valence-electron chi connectivity index (χ0n) is 9.84. The van der Waals surface area contributed by atoms with Gasteiger partial charge >= 0.3 is 0 Å². The minimum Gasteiger partial charge on any atom is -0.236 e. The van der Waals surface area contributed by atoms with Crippen LogP contribution >= 0.6 is 11.3 Å². The molecular formula is C14H13N2S+. The van der Waals surface area contributed by atoms with Crippen molar-refractivity contribution >= 4 is 21.6 Å². The maximum Gasteiger partial charge on any atom is 0.169 e. The topological polar surface area (TPSA) is 16.8 Å². The number of thiazole rings is 1. The van der Waals surface area contributed by atoms with Crippen LogP contribution in [0.3, 0.4) is 0 Å². The fourth-order valence-corrected chi connectivity index (χ4v) is 2.87. The Balaban J connectivity index is 2.14. The minimum atomic E-state index is 1.09. The average Bonchev–Trinajstić information content (AvgIpc) is 2.72. The number of fused-ring (bicyclic) bond motifs is 1. The minimum absolute atomic E-state index is 1.09. The molecule has 17 heavy (non-hydrogen) atoms. The molecule has 0 saturated heterocycles. The number of hydrogen-bond acceptors (Lipinski definition) is 2. The molecule has 0 fully saturated rings. The number of aromatic nitrogens is 2. The van der Waals surface area contributed by atoms with E-state index in [0.29, 0.717) is 0 Å². The molecule has 2 aromatic heterocycles. The number of nitrogens with zero attached hydrogens (tertiary/aromatic N) is 2. The molecule has 0 atom stereocenters. The van der Waals surface area contributed by atoms with Crippen LogP contribution in [0.1, 0.15) is 5.56 Å². The molecule has 0 spiro atoms. The second kappa shape index (κ2) is 3.93. The summed E-state index contributed by atoms with van der Waals surface area (Å²) in [7, 11) is 2.02. The summed E-state index contributed by atoms with van der Waals surface area (Å²) in [6.07, 6.45) is 4.10. The highest BCUT2D eigenvalue weighted by Crippen LogP contribution is 2.29. The van der Waals surface area contributed by atoms with Gasteiger partial charge in [0.05, 0.1) is 10.2 Å². The molecule has 3 aromatic rings. The summed E-state index contributed by atoms with van der Waals surface area (Å²) < 4.78 is 3.29. The number of rotatable bonds is 1. The summed E-state index contributed by atoms with van der Waals surface area (Å²) >= 11 is 1.75. The van der Waals surface area contributed by atoms with Crippen molar-refractivity contribution in [3.8, 4) is 10.6 Å². The third kappa shape index (κ3) is 1.94. The van der Waals surface area contributed by atoms with Crippen molar-refractivity contribution in [2.45, 2.75) is 6.92 Å². The summed E-state index contributed by atoms with van der Waals surface area (Å²) in [6.45, 7) is 2.11. The van der Waals surface area contributed by atoms with Gasteiger partial charge in [-0.1, -0.05) is 6.07 Å². The second-order valence-electron chi connectivity index (χ2n) is 4.24. The second-order valence-corrected chi connectivity index (χ2v) is 5.27. The first kappa shape index (κ1) is 10.4. The molecule has 0 N–H and O–H groups in total. The molecule has 84 valence electrons. The summed E-state index contributed by atoms with van der Waals surface area (Å²) in [5.41, 5.74) is 3.55. The highest BCUT2D eigenvalue weighted by atomic mass is 32.1. The smallest absolute Gasteiger partial charge is 0.169 e. The Morgan fingerprint density at radius 1 is 1.12 bits per heavy atom. The lowest BCUT2D eigenvalue weighted by Crippen LogP contribution is -2.25. The van der Waals surface area contributed by atoms with E-state index in [2.05, 4.69) is 42.2 Å². The van der Waals surface area contributed by atoms with Crippen molar-refractivity contribution < 1.29 is 4.57 Å². The fraction of sp³-hybridized carbons (Fsp3) is 0.143. The van der Waals surface area contributed by atoms with E-state index < -0.39 is 0 Å². The quantitative estimate of drug-likeness (QED) is 0.598. The Labute approximate surface area is 104 Å². The molecule has 0 amide bonds. The molecule has 2 nitrogen and oxygen atoms in total. The summed E-state index contributed by atoms with van der Waals surface area (Å²) in [6, 6.07) is 10.6. The average molecular weight is 241 g/mol. The van der Waals surface area contributed by atoms with Gasteiger partial charge in [-0.05, 0) is 24.6 Å². The van der Waals surface area contributed by atoms with Crippen LogP contribution in [0.5, 0.6) is 0 Å². The first-order chi connectivity index (χ1) is 8.22. The molecule has 2 heterocycles. The van der Waals surface area contributed by atoms with Gasteiger partial charge in [-0.15, -0.1) is 11.3 Å². The lowest BCUT2D eigenvalue weighted by atomic mass is 10.2.